The normalized spacial score (nSPS) is 16.2. The average molecular weight is 469 g/mol. The Morgan fingerprint density at radius 1 is 1.12 bits per heavy atom. The molecule has 32 heavy (non-hydrogen) atoms. The largest absolute Gasteiger partial charge is 0.361 e. The van der Waals surface area contributed by atoms with Crippen LogP contribution >= 0.6 is 11.6 Å². The molecule has 0 aliphatic carbocycles. The Balaban J connectivity index is 1.18. The van der Waals surface area contributed by atoms with Crippen LogP contribution in [-0.4, -0.2) is 49.5 Å². The molecular formula is C24H25ClN4O2S. The minimum Gasteiger partial charge on any atom is -0.361 e. The van der Waals surface area contributed by atoms with Crippen molar-refractivity contribution in [3.8, 4) is 0 Å². The van der Waals surface area contributed by atoms with Gasteiger partial charge in [0, 0.05) is 46.8 Å². The molecule has 0 radical (unpaired) electrons. The zero-order chi connectivity index (χ0) is 22.1. The van der Waals surface area contributed by atoms with Crippen molar-refractivity contribution in [3.05, 3.63) is 71.5 Å². The van der Waals surface area contributed by atoms with E-state index in [-0.39, 0.29) is 4.90 Å². The van der Waals surface area contributed by atoms with Gasteiger partial charge in [-0.05, 0) is 67.7 Å². The number of halogens is 1. The molecule has 0 amide bonds. The molecule has 166 valence electrons. The first kappa shape index (κ1) is 21.4. The maximum absolute atomic E-state index is 12.9. The minimum atomic E-state index is -3.62. The number of hydrogen-bond acceptors (Lipinski definition) is 4. The monoisotopic (exact) mass is 468 g/mol. The summed E-state index contributed by atoms with van der Waals surface area (Å²) in [6, 6.07) is 14.9. The molecule has 2 aromatic carbocycles. The van der Waals surface area contributed by atoms with Gasteiger partial charge in [0.15, 0.2) is 0 Å². The Bertz CT molecular complexity index is 1360. The van der Waals surface area contributed by atoms with E-state index in [0.717, 1.165) is 41.9 Å². The van der Waals surface area contributed by atoms with Gasteiger partial charge >= 0.3 is 0 Å². The molecule has 1 saturated heterocycles. The molecule has 1 aliphatic heterocycles. The van der Waals surface area contributed by atoms with E-state index in [0.29, 0.717) is 24.5 Å². The van der Waals surface area contributed by atoms with Crippen molar-refractivity contribution < 1.29 is 8.42 Å². The summed E-state index contributed by atoms with van der Waals surface area (Å²) in [5.41, 5.74) is 2.94. The summed E-state index contributed by atoms with van der Waals surface area (Å²) < 4.78 is 28.5. The van der Waals surface area contributed by atoms with Gasteiger partial charge < -0.3 is 9.88 Å². The molecule has 0 atom stereocenters. The highest BCUT2D eigenvalue weighted by molar-refractivity contribution is 7.89. The van der Waals surface area contributed by atoms with E-state index in [2.05, 4.69) is 25.8 Å². The fourth-order valence-corrected chi connectivity index (χ4v) is 6.00. The van der Waals surface area contributed by atoms with E-state index in [9.17, 15) is 8.42 Å². The molecule has 5 rings (SSSR count). The van der Waals surface area contributed by atoms with Gasteiger partial charge in [0.2, 0.25) is 10.0 Å². The van der Waals surface area contributed by atoms with E-state index >= 15 is 0 Å². The number of H-pyrrole nitrogens is 1. The van der Waals surface area contributed by atoms with E-state index in [1.807, 2.05) is 30.3 Å². The number of nitrogens with one attached hydrogen (secondary N) is 2. The molecule has 1 aliphatic rings. The Hall–Kier alpha value is -2.45. The van der Waals surface area contributed by atoms with Crippen LogP contribution in [0, 0.1) is 0 Å². The van der Waals surface area contributed by atoms with Gasteiger partial charge in [0.1, 0.15) is 4.90 Å². The second-order valence-corrected chi connectivity index (χ2v) is 10.5. The number of aromatic amines is 1. The lowest BCUT2D eigenvalue weighted by Gasteiger charge is -2.32. The summed E-state index contributed by atoms with van der Waals surface area (Å²) in [6.07, 6.45) is 5.81. The van der Waals surface area contributed by atoms with Crippen molar-refractivity contribution >= 4 is 43.4 Å². The lowest BCUT2D eigenvalue weighted by atomic mass is 9.89. The molecule has 3 heterocycles. The van der Waals surface area contributed by atoms with Crippen LogP contribution in [0.4, 0.5) is 0 Å². The van der Waals surface area contributed by atoms with Gasteiger partial charge in [0.05, 0.1) is 5.52 Å². The molecule has 0 spiro atoms. The van der Waals surface area contributed by atoms with Crippen molar-refractivity contribution in [2.24, 2.45) is 0 Å². The van der Waals surface area contributed by atoms with E-state index in [4.69, 9.17) is 11.6 Å². The second-order valence-electron chi connectivity index (χ2n) is 8.28. The fourth-order valence-electron chi connectivity index (χ4n) is 4.63. The number of sulfonamides is 1. The highest BCUT2D eigenvalue weighted by Gasteiger charge is 2.24. The molecule has 2 N–H and O–H groups in total. The SMILES string of the molecule is O=S(=O)(NCCN1CCC(c2c[nH]c3ccc(Cl)cc23)CC1)c1cccc2cccnc12. The first-order valence-electron chi connectivity index (χ1n) is 10.8. The van der Waals surface area contributed by atoms with Gasteiger partial charge in [-0.2, -0.15) is 0 Å². The number of likely N-dealkylation sites (tertiary alicyclic amines) is 1. The van der Waals surface area contributed by atoms with Crippen LogP contribution in [0.1, 0.15) is 24.3 Å². The zero-order valence-electron chi connectivity index (χ0n) is 17.6. The topological polar surface area (TPSA) is 78.1 Å². The maximum Gasteiger partial charge on any atom is 0.242 e. The molecule has 0 unspecified atom stereocenters. The van der Waals surface area contributed by atoms with Crippen LogP contribution in [-0.2, 0) is 10.0 Å². The third-order valence-electron chi connectivity index (χ3n) is 6.31. The summed E-state index contributed by atoms with van der Waals surface area (Å²) in [5.74, 6) is 0.483. The molecule has 0 bridgehead atoms. The first-order valence-corrected chi connectivity index (χ1v) is 12.7. The smallest absolute Gasteiger partial charge is 0.242 e. The number of nitrogens with zero attached hydrogens (tertiary/aromatic N) is 2. The Morgan fingerprint density at radius 3 is 2.78 bits per heavy atom. The highest BCUT2D eigenvalue weighted by Crippen LogP contribution is 2.34. The van der Waals surface area contributed by atoms with Crippen LogP contribution in [0.15, 0.2) is 65.8 Å². The number of pyridine rings is 1. The van der Waals surface area contributed by atoms with Crippen LogP contribution in [0.2, 0.25) is 5.02 Å². The van der Waals surface area contributed by atoms with E-state index in [1.54, 1.807) is 24.4 Å². The quantitative estimate of drug-likeness (QED) is 0.436. The second kappa shape index (κ2) is 8.83. The first-order chi connectivity index (χ1) is 15.5. The number of hydrogen-bond donors (Lipinski definition) is 2. The molecule has 1 fully saturated rings. The number of piperidine rings is 1. The Morgan fingerprint density at radius 2 is 1.94 bits per heavy atom. The highest BCUT2D eigenvalue weighted by atomic mass is 35.5. The predicted molar refractivity (Wildman–Crippen MR) is 129 cm³/mol. The fraction of sp³-hybridized carbons (Fsp3) is 0.292. The molecule has 8 heteroatoms. The molecule has 6 nitrogen and oxygen atoms in total. The maximum atomic E-state index is 12.9. The summed E-state index contributed by atoms with van der Waals surface area (Å²) >= 11 is 6.20. The summed E-state index contributed by atoms with van der Waals surface area (Å²) in [5, 5.41) is 2.77. The predicted octanol–water partition coefficient (Wildman–Crippen LogP) is 4.53. The van der Waals surface area contributed by atoms with Gasteiger partial charge in [-0.15, -0.1) is 0 Å². The number of rotatable bonds is 6. The third-order valence-corrected chi connectivity index (χ3v) is 8.04. The zero-order valence-corrected chi connectivity index (χ0v) is 19.2. The van der Waals surface area contributed by atoms with Crippen LogP contribution in [0.3, 0.4) is 0 Å². The van der Waals surface area contributed by atoms with Crippen LogP contribution < -0.4 is 4.72 Å². The lowest BCUT2D eigenvalue weighted by molar-refractivity contribution is 0.216. The van der Waals surface area contributed by atoms with Gasteiger partial charge in [-0.1, -0.05) is 29.8 Å². The standard InChI is InChI=1S/C24H25ClN4O2S/c25-19-6-7-22-20(15-19)21(16-27-22)17-8-12-29(13-9-17)14-11-28-32(30,31)23-5-1-3-18-4-2-10-26-24(18)23/h1-7,10,15-17,27-28H,8-9,11-14H2. The summed E-state index contributed by atoms with van der Waals surface area (Å²) in [6.45, 7) is 2.94. The van der Waals surface area contributed by atoms with E-state index < -0.39 is 10.0 Å². The van der Waals surface area contributed by atoms with Crippen molar-refractivity contribution in [1.82, 2.24) is 19.6 Å². The van der Waals surface area contributed by atoms with E-state index in [1.165, 1.54) is 10.9 Å². The number of fused-ring (bicyclic) bond motifs is 2. The van der Waals surface area contributed by atoms with Crippen molar-refractivity contribution in [3.63, 3.8) is 0 Å². The third kappa shape index (κ3) is 4.26. The van der Waals surface area contributed by atoms with Gasteiger partial charge in [0.25, 0.3) is 0 Å². The minimum absolute atomic E-state index is 0.229. The average Bonchev–Trinajstić information content (AvgIpc) is 3.22. The number of aromatic nitrogens is 2. The van der Waals surface area contributed by atoms with Crippen LogP contribution in [0.5, 0.6) is 0 Å². The van der Waals surface area contributed by atoms with Gasteiger partial charge in [-0.3, -0.25) is 4.98 Å². The van der Waals surface area contributed by atoms with Crippen molar-refractivity contribution in [2.75, 3.05) is 26.2 Å². The lowest BCUT2D eigenvalue weighted by Crippen LogP contribution is -2.39. The molecule has 2 aromatic heterocycles. The van der Waals surface area contributed by atoms with Crippen molar-refractivity contribution in [2.45, 2.75) is 23.7 Å². The van der Waals surface area contributed by atoms with Gasteiger partial charge in [-0.25, -0.2) is 13.1 Å². The number of benzene rings is 2. The number of para-hydroxylation sites is 1. The molecular weight excluding hydrogens is 444 g/mol. The van der Waals surface area contributed by atoms with Crippen molar-refractivity contribution in [1.29, 1.82) is 0 Å². The Kier molecular flexibility index (Phi) is 5.90. The van der Waals surface area contributed by atoms with Crippen LogP contribution in [0.25, 0.3) is 21.8 Å². The molecule has 0 saturated carbocycles. The summed E-state index contributed by atoms with van der Waals surface area (Å²) in [7, 11) is -3.62. The molecule has 4 aromatic rings. The summed E-state index contributed by atoms with van der Waals surface area (Å²) in [4.78, 5) is 10.2. The Labute approximate surface area is 192 Å².